The zero-order valence-electron chi connectivity index (χ0n) is 43.5. The van der Waals surface area contributed by atoms with E-state index in [4.69, 9.17) is 29.8 Å². The van der Waals surface area contributed by atoms with Crippen LogP contribution in [0, 0.1) is 13.8 Å². The maximum Gasteiger partial charge on any atom is 0.410 e. The average Bonchev–Trinajstić information content (AvgIpc) is 4.01. The Balaban J connectivity index is 0.000000266. The van der Waals surface area contributed by atoms with E-state index in [-0.39, 0.29) is 12.2 Å². The largest absolute Gasteiger partial charge is 0.480 e. The molecule has 2 amide bonds. The predicted molar refractivity (Wildman–Crippen MR) is 284 cm³/mol. The summed E-state index contributed by atoms with van der Waals surface area (Å²) in [5.74, 6) is 2.21. The molecule has 4 aromatic heterocycles. The van der Waals surface area contributed by atoms with E-state index in [1.165, 1.54) is 30.2 Å². The lowest BCUT2D eigenvalue weighted by atomic mass is 10.1. The number of amides is 2. The normalized spacial score (nSPS) is 11.8. The summed E-state index contributed by atoms with van der Waals surface area (Å²) in [6.07, 6.45) is 3.28. The van der Waals surface area contributed by atoms with Gasteiger partial charge in [-0.25, -0.2) is 34.3 Å². The average molecular weight is 1040 g/mol. The van der Waals surface area contributed by atoms with Crippen LogP contribution in [0.2, 0.25) is 0 Å². The van der Waals surface area contributed by atoms with Crippen molar-refractivity contribution in [3.63, 3.8) is 0 Å². The van der Waals surface area contributed by atoms with Crippen molar-refractivity contribution < 1.29 is 43.2 Å². The van der Waals surface area contributed by atoms with Gasteiger partial charge in [-0.1, -0.05) is 83.3 Å². The van der Waals surface area contributed by atoms with E-state index >= 15 is 0 Å². The number of anilines is 4. The summed E-state index contributed by atoms with van der Waals surface area (Å²) in [6.45, 7) is 18.4. The SMILES string of the molecule is C[C@@H](C(=O)O)N(C)C(=O)OC(C)(C)C.Cc1nc(Nc2ncc(-c3ccccc3)s2)cc(OCCCC(=O)[C@H](C)N(C)C(=O)OC(C)(C)C)n1.Cc1nc(Nc2ncc(-c3ccccc3)s2)cc(OCCN)n1. The molecule has 0 aliphatic carbocycles. The summed E-state index contributed by atoms with van der Waals surface area (Å²) in [6, 6.07) is 22.2. The van der Waals surface area contributed by atoms with E-state index in [1.807, 2.05) is 67.8 Å². The van der Waals surface area contributed by atoms with Crippen molar-refractivity contribution in [2.75, 3.05) is 44.5 Å². The van der Waals surface area contributed by atoms with Gasteiger partial charge in [0, 0.05) is 51.6 Å². The van der Waals surface area contributed by atoms with Crippen molar-refractivity contribution >= 4 is 68.5 Å². The number of aliphatic carboxylic acids is 1. The highest BCUT2D eigenvalue weighted by Gasteiger charge is 2.28. The number of carbonyl (C=O) groups is 4. The number of nitrogens with two attached hydrogens (primary N) is 1. The van der Waals surface area contributed by atoms with Crippen molar-refractivity contribution in [2.45, 2.75) is 105 Å². The topological polar surface area (TPSA) is 259 Å². The fourth-order valence-electron chi connectivity index (χ4n) is 5.87. The number of hydrogen-bond donors (Lipinski definition) is 4. The molecular weight excluding hydrogens is 975 g/mol. The van der Waals surface area contributed by atoms with Gasteiger partial charge in [-0.2, -0.15) is 9.97 Å². The molecule has 22 heteroatoms. The third-order valence-corrected chi connectivity index (χ3v) is 11.7. The molecule has 0 aliphatic heterocycles. The summed E-state index contributed by atoms with van der Waals surface area (Å²) in [4.78, 5) is 77.3. The second-order valence-electron chi connectivity index (χ2n) is 18.2. The van der Waals surface area contributed by atoms with Crippen LogP contribution >= 0.6 is 22.7 Å². The van der Waals surface area contributed by atoms with E-state index in [9.17, 15) is 19.2 Å². The molecule has 20 nitrogen and oxygen atoms in total. The van der Waals surface area contributed by atoms with Gasteiger partial charge in [0.05, 0.1) is 22.4 Å². The van der Waals surface area contributed by atoms with E-state index in [0.717, 1.165) is 30.9 Å². The zero-order valence-corrected chi connectivity index (χ0v) is 45.1. The first-order valence-electron chi connectivity index (χ1n) is 23.3. The van der Waals surface area contributed by atoms with Crippen LogP contribution in [0.25, 0.3) is 20.9 Å². The van der Waals surface area contributed by atoms with Gasteiger partial charge in [-0.3, -0.25) is 9.69 Å². The summed E-state index contributed by atoms with van der Waals surface area (Å²) in [5.41, 5.74) is 6.46. The monoisotopic (exact) mass is 1040 g/mol. The molecule has 0 bridgehead atoms. The summed E-state index contributed by atoms with van der Waals surface area (Å²) in [5, 5.41) is 16.5. The third kappa shape index (κ3) is 20.4. The number of nitrogens with zero attached hydrogens (tertiary/aromatic N) is 8. The van der Waals surface area contributed by atoms with Crippen LogP contribution in [0.5, 0.6) is 11.8 Å². The molecule has 0 spiro atoms. The van der Waals surface area contributed by atoms with Gasteiger partial charge in [0.1, 0.15) is 47.1 Å². The van der Waals surface area contributed by atoms with Gasteiger partial charge in [-0.05, 0) is 86.8 Å². The Morgan fingerprint density at radius 3 is 1.47 bits per heavy atom. The van der Waals surface area contributed by atoms with Crippen LogP contribution in [0.1, 0.15) is 79.9 Å². The van der Waals surface area contributed by atoms with Gasteiger partial charge in [0.25, 0.3) is 0 Å². The van der Waals surface area contributed by atoms with Crippen LogP contribution in [0.15, 0.2) is 85.2 Å². The Morgan fingerprint density at radius 1 is 0.658 bits per heavy atom. The molecular formula is C51H67N11O9S2. The number of aromatic nitrogens is 6. The number of rotatable bonds is 18. The first kappa shape index (κ1) is 58.3. The molecule has 2 aromatic carbocycles. The number of hydrogen-bond acceptors (Lipinski definition) is 19. The molecule has 73 heavy (non-hydrogen) atoms. The molecule has 2 atom stereocenters. The van der Waals surface area contributed by atoms with Crippen molar-refractivity contribution in [3.8, 4) is 32.6 Å². The number of ketones is 1. The fourth-order valence-corrected chi connectivity index (χ4v) is 7.53. The van der Waals surface area contributed by atoms with Crippen molar-refractivity contribution in [1.29, 1.82) is 0 Å². The van der Waals surface area contributed by atoms with Gasteiger partial charge in [-0.15, -0.1) is 0 Å². The third-order valence-electron chi connectivity index (χ3n) is 9.76. The number of aryl methyl sites for hydroxylation is 2. The maximum atomic E-state index is 12.5. The highest BCUT2D eigenvalue weighted by Crippen LogP contribution is 2.32. The van der Waals surface area contributed by atoms with E-state index in [0.29, 0.717) is 66.4 Å². The number of carbonyl (C=O) groups excluding carboxylic acids is 3. The molecule has 6 aromatic rings. The van der Waals surface area contributed by atoms with Crippen molar-refractivity contribution in [3.05, 3.63) is 96.8 Å². The van der Waals surface area contributed by atoms with Crippen LogP contribution in [0.3, 0.4) is 0 Å². The van der Waals surface area contributed by atoms with E-state index in [2.05, 4.69) is 52.7 Å². The number of likely N-dealkylation sites (N-methyl/N-ethyl adjacent to an activating group) is 2. The Kier molecular flexibility index (Phi) is 22.0. The second kappa shape index (κ2) is 27.5. The molecule has 4 heterocycles. The number of Topliss-reactive ketones (excluding diaryl/α,β-unsaturated/α-hetero) is 1. The van der Waals surface area contributed by atoms with Crippen molar-refractivity contribution in [1.82, 2.24) is 39.7 Å². The van der Waals surface area contributed by atoms with Crippen molar-refractivity contribution in [2.24, 2.45) is 5.73 Å². The number of benzene rings is 2. The van der Waals surface area contributed by atoms with E-state index in [1.54, 1.807) is 85.9 Å². The van der Waals surface area contributed by atoms with Gasteiger partial charge in [0.15, 0.2) is 16.0 Å². The highest BCUT2D eigenvalue weighted by atomic mass is 32.1. The first-order chi connectivity index (χ1) is 34.4. The highest BCUT2D eigenvalue weighted by molar-refractivity contribution is 7.19. The van der Waals surface area contributed by atoms with Crippen LogP contribution in [-0.2, 0) is 19.1 Å². The second-order valence-corrected chi connectivity index (χ2v) is 20.3. The summed E-state index contributed by atoms with van der Waals surface area (Å²) >= 11 is 3.10. The molecule has 5 N–H and O–H groups in total. The zero-order chi connectivity index (χ0) is 53.9. The molecule has 6 rings (SSSR count). The maximum absolute atomic E-state index is 12.5. The minimum absolute atomic E-state index is 0.0637. The molecule has 0 aliphatic rings. The number of carboxylic acids is 1. The Labute approximate surface area is 434 Å². The van der Waals surface area contributed by atoms with Gasteiger partial charge >= 0.3 is 18.2 Å². The lowest BCUT2D eigenvalue weighted by Gasteiger charge is -2.28. The lowest BCUT2D eigenvalue weighted by molar-refractivity contribution is -0.142. The minimum atomic E-state index is -1.06. The fraction of sp³-hybridized carbons (Fsp3) is 0.412. The Morgan fingerprint density at radius 2 is 1.07 bits per heavy atom. The Bertz CT molecular complexity index is 2710. The molecule has 0 fully saturated rings. The van der Waals surface area contributed by atoms with Crippen LogP contribution in [0.4, 0.5) is 31.5 Å². The quantitative estimate of drug-likeness (QED) is 0.0584. The van der Waals surface area contributed by atoms with Crippen LogP contribution in [-0.4, -0.2) is 126 Å². The van der Waals surface area contributed by atoms with E-state index < -0.39 is 41.4 Å². The number of ether oxygens (including phenoxy) is 4. The van der Waals surface area contributed by atoms with Crippen LogP contribution < -0.4 is 25.8 Å². The summed E-state index contributed by atoms with van der Waals surface area (Å²) < 4.78 is 21.6. The standard InChI is InChI=1S/C26H33N5O4S.C16H17N5OS.C9H17NO4/c1-17(31(6)25(33)35-26(3,4)5)20(32)13-10-14-34-23-15-22(28-18(2)29-23)30-24-27-16-21(36-24)19-11-8-7-9-12-19;1-11-19-14(9-15(20-11)22-8-7-17)21-16-18-10-13(23-16)12-5-3-2-4-6-12;1-6(7(11)12)10(5)8(13)14-9(2,3)4/h7-9,11-12,15-17H,10,13-14H2,1-6H3,(H,27,28,29,30);2-6,9-10H,7-8,17H2,1H3,(H,18,19,20,21);6H,1-5H3,(H,11,12)/t17-;;6-/m0.0/s1. The minimum Gasteiger partial charge on any atom is -0.480 e. The van der Waals surface area contributed by atoms with Gasteiger partial charge < -0.3 is 45.3 Å². The number of nitrogens with one attached hydrogen (secondary N) is 2. The molecule has 392 valence electrons. The lowest BCUT2D eigenvalue weighted by Crippen LogP contribution is -2.43. The number of carboxylic acid groups (broad SMARTS) is 1. The van der Waals surface area contributed by atoms with Gasteiger partial charge in [0.2, 0.25) is 11.8 Å². The molecule has 0 saturated carbocycles. The molecule has 0 unspecified atom stereocenters. The first-order valence-corrected chi connectivity index (χ1v) is 24.9. The molecule has 0 radical (unpaired) electrons. The predicted octanol–water partition coefficient (Wildman–Crippen LogP) is 9.95. The molecule has 0 saturated heterocycles. The Hall–Kier alpha value is -7.30. The summed E-state index contributed by atoms with van der Waals surface area (Å²) in [7, 11) is 2.96. The number of thiazole rings is 2. The smallest absolute Gasteiger partial charge is 0.410 e.